The Hall–Kier alpha value is -3.54. The highest BCUT2D eigenvalue weighted by Gasteiger charge is 2.19. The highest BCUT2D eigenvalue weighted by Crippen LogP contribution is 2.24. The van der Waals surface area contributed by atoms with Crippen LogP contribution in [0, 0.1) is 13.8 Å². The van der Waals surface area contributed by atoms with E-state index in [1.807, 2.05) is 57.2 Å². The van der Waals surface area contributed by atoms with E-state index >= 15 is 0 Å². The molecular weight excluding hydrogens is 366 g/mol. The quantitative estimate of drug-likeness (QED) is 0.498. The number of esters is 1. The van der Waals surface area contributed by atoms with Gasteiger partial charge < -0.3 is 4.74 Å². The summed E-state index contributed by atoms with van der Waals surface area (Å²) >= 11 is 0. The molecule has 0 amide bonds. The van der Waals surface area contributed by atoms with Crippen molar-refractivity contribution in [2.75, 3.05) is 0 Å². The Morgan fingerprint density at radius 2 is 1.86 bits per heavy atom. The number of hydrogen-bond donors (Lipinski definition) is 0. The average Bonchev–Trinajstić information content (AvgIpc) is 2.71. The molecule has 0 spiro atoms. The smallest absolute Gasteiger partial charge is 0.339 e. The first-order valence-electron chi connectivity index (χ1n) is 9.53. The lowest BCUT2D eigenvalue weighted by molar-refractivity contribution is 0.0469. The van der Waals surface area contributed by atoms with E-state index in [1.165, 1.54) is 10.5 Å². The van der Waals surface area contributed by atoms with Crippen LogP contribution in [0.25, 0.3) is 16.6 Å². The molecule has 0 N–H and O–H groups in total. The molecule has 4 aromatic rings. The summed E-state index contributed by atoms with van der Waals surface area (Å²) in [5, 5.41) is 0.759. The molecule has 3 heterocycles. The van der Waals surface area contributed by atoms with E-state index in [0.29, 0.717) is 16.9 Å². The van der Waals surface area contributed by atoms with Crippen LogP contribution in [0.3, 0.4) is 0 Å². The van der Waals surface area contributed by atoms with Crippen molar-refractivity contribution < 1.29 is 9.53 Å². The molecule has 0 unspecified atom stereocenters. The molecule has 0 saturated carbocycles. The van der Waals surface area contributed by atoms with Crippen molar-refractivity contribution in [3.8, 4) is 0 Å². The minimum Gasteiger partial charge on any atom is -0.456 e. The highest BCUT2D eigenvalue weighted by molar-refractivity contribution is 6.04. The number of rotatable bonds is 4. The van der Waals surface area contributed by atoms with E-state index in [0.717, 1.165) is 34.3 Å². The summed E-state index contributed by atoms with van der Waals surface area (Å²) in [7, 11) is 0. The molecule has 146 valence electrons. The maximum atomic E-state index is 13.0. The number of aromatic nitrogens is 3. The van der Waals surface area contributed by atoms with E-state index in [2.05, 4.69) is 9.97 Å². The third-order valence-electron chi connectivity index (χ3n) is 5.06. The maximum Gasteiger partial charge on any atom is 0.339 e. The molecule has 3 aromatic heterocycles. The fourth-order valence-electron chi connectivity index (χ4n) is 3.61. The van der Waals surface area contributed by atoms with Gasteiger partial charge in [0.1, 0.15) is 12.3 Å². The van der Waals surface area contributed by atoms with Crippen LogP contribution in [0.1, 0.15) is 39.9 Å². The van der Waals surface area contributed by atoms with Gasteiger partial charge in [0.25, 0.3) is 5.56 Å². The van der Waals surface area contributed by atoms with Crippen molar-refractivity contribution in [2.24, 2.45) is 0 Å². The van der Waals surface area contributed by atoms with Gasteiger partial charge in [0.2, 0.25) is 0 Å². The van der Waals surface area contributed by atoms with Gasteiger partial charge in [-0.2, -0.15) is 0 Å². The zero-order chi connectivity index (χ0) is 20.5. The van der Waals surface area contributed by atoms with Crippen molar-refractivity contribution in [2.45, 2.75) is 33.8 Å². The van der Waals surface area contributed by atoms with Gasteiger partial charge in [-0.05, 0) is 44.0 Å². The van der Waals surface area contributed by atoms with Crippen LogP contribution < -0.4 is 5.56 Å². The summed E-state index contributed by atoms with van der Waals surface area (Å²) in [6.45, 7) is 5.67. The van der Waals surface area contributed by atoms with Gasteiger partial charge in [-0.25, -0.2) is 9.78 Å². The summed E-state index contributed by atoms with van der Waals surface area (Å²) in [4.78, 5) is 34.5. The fourth-order valence-corrected chi connectivity index (χ4v) is 3.61. The van der Waals surface area contributed by atoms with Crippen LogP contribution in [0.2, 0.25) is 0 Å². The second-order valence-corrected chi connectivity index (χ2v) is 6.95. The number of hydrogen-bond acceptors (Lipinski definition) is 5. The molecule has 0 aliphatic heterocycles. The van der Waals surface area contributed by atoms with Crippen LogP contribution in [0.5, 0.6) is 0 Å². The van der Waals surface area contributed by atoms with Crippen molar-refractivity contribution in [1.29, 1.82) is 0 Å². The zero-order valence-corrected chi connectivity index (χ0v) is 16.6. The molecule has 0 aliphatic rings. The molecule has 0 radical (unpaired) electrons. The molecule has 0 aliphatic carbocycles. The highest BCUT2D eigenvalue weighted by atomic mass is 16.5. The largest absolute Gasteiger partial charge is 0.456 e. The number of ether oxygens (including phenoxy) is 1. The Labute approximate surface area is 167 Å². The van der Waals surface area contributed by atoms with Gasteiger partial charge in [0.05, 0.1) is 16.8 Å². The number of carbonyl (C=O) groups excluding carboxylic acids is 1. The van der Waals surface area contributed by atoms with Crippen molar-refractivity contribution in [3.05, 3.63) is 87.1 Å². The predicted molar refractivity (Wildman–Crippen MR) is 111 cm³/mol. The molecular formula is C23H21N3O3. The van der Waals surface area contributed by atoms with Crippen molar-refractivity contribution in [1.82, 2.24) is 14.4 Å². The summed E-state index contributed by atoms with van der Waals surface area (Å²) < 4.78 is 7.09. The van der Waals surface area contributed by atoms with Crippen LogP contribution in [0.4, 0.5) is 0 Å². The Bertz CT molecular complexity index is 1310. The standard InChI is InChI=1S/C23H21N3O3/c1-4-18-15(3)22(17-9-5-6-10-19(17)25-18)23(28)29-13-16-12-21(27)26-14(2)8-7-11-20(26)24-16/h5-12H,4,13H2,1-3H3. The minimum absolute atomic E-state index is 0.0733. The molecule has 29 heavy (non-hydrogen) atoms. The van der Waals surface area contributed by atoms with Crippen LogP contribution in [0.15, 0.2) is 53.3 Å². The van der Waals surface area contributed by atoms with Crippen LogP contribution in [-0.2, 0) is 17.8 Å². The fraction of sp³-hybridized carbons (Fsp3) is 0.217. The zero-order valence-electron chi connectivity index (χ0n) is 16.6. The van der Waals surface area contributed by atoms with Gasteiger partial charge in [0, 0.05) is 22.8 Å². The first-order valence-corrected chi connectivity index (χ1v) is 9.53. The van der Waals surface area contributed by atoms with Crippen molar-refractivity contribution in [3.63, 3.8) is 0 Å². The molecule has 0 atom stereocenters. The monoisotopic (exact) mass is 387 g/mol. The summed E-state index contributed by atoms with van der Waals surface area (Å²) in [6.07, 6.45) is 0.722. The summed E-state index contributed by atoms with van der Waals surface area (Å²) in [5.74, 6) is -0.443. The molecule has 0 fully saturated rings. The normalized spacial score (nSPS) is 11.1. The van der Waals surface area contributed by atoms with Crippen LogP contribution in [-0.4, -0.2) is 20.3 Å². The van der Waals surface area contributed by atoms with Crippen molar-refractivity contribution >= 4 is 22.5 Å². The van der Waals surface area contributed by atoms with E-state index in [1.54, 1.807) is 6.07 Å². The lowest BCUT2D eigenvalue weighted by atomic mass is 10.0. The first kappa shape index (κ1) is 18.8. The molecule has 6 heteroatoms. The van der Waals surface area contributed by atoms with E-state index < -0.39 is 5.97 Å². The molecule has 1 aromatic carbocycles. The van der Waals surface area contributed by atoms with Crippen LogP contribution >= 0.6 is 0 Å². The van der Waals surface area contributed by atoms with Gasteiger partial charge in [-0.15, -0.1) is 0 Å². The lowest BCUT2D eigenvalue weighted by Gasteiger charge is -2.13. The Morgan fingerprint density at radius 1 is 1.07 bits per heavy atom. The average molecular weight is 387 g/mol. The van der Waals surface area contributed by atoms with Gasteiger partial charge in [-0.3, -0.25) is 14.2 Å². The number of pyridine rings is 2. The van der Waals surface area contributed by atoms with E-state index in [9.17, 15) is 9.59 Å². The van der Waals surface area contributed by atoms with Gasteiger partial charge in [0.15, 0.2) is 0 Å². The number of benzene rings is 1. The molecule has 0 bridgehead atoms. The molecule has 0 saturated heterocycles. The summed E-state index contributed by atoms with van der Waals surface area (Å²) in [6, 6.07) is 14.4. The molecule has 6 nitrogen and oxygen atoms in total. The first-order chi connectivity index (χ1) is 14.0. The minimum atomic E-state index is -0.443. The lowest BCUT2D eigenvalue weighted by Crippen LogP contribution is -2.18. The topological polar surface area (TPSA) is 73.6 Å². The van der Waals surface area contributed by atoms with E-state index in [-0.39, 0.29) is 12.2 Å². The number of aryl methyl sites for hydroxylation is 2. The number of para-hydroxylation sites is 1. The SMILES string of the molecule is CCc1nc2ccccc2c(C(=O)OCc2cc(=O)n3c(C)cccc3n2)c1C. The predicted octanol–water partition coefficient (Wildman–Crippen LogP) is 3.78. The third kappa shape index (κ3) is 3.38. The summed E-state index contributed by atoms with van der Waals surface area (Å²) in [5.41, 5.74) is 4.52. The molecule has 4 rings (SSSR count). The van der Waals surface area contributed by atoms with Gasteiger partial charge >= 0.3 is 5.97 Å². The van der Waals surface area contributed by atoms with E-state index in [4.69, 9.17) is 4.74 Å². The Balaban J connectivity index is 1.68. The number of nitrogens with zero attached hydrogens (tertiary/aromatic N) is 3. The Kier molecular flexibility index (Phi) is 4.84. The third-order valence-corrected chi connectivity index (χ3v) is 5.06. The maximum absolute atomic E-state index is 13.0. The second kappa shape index (κ2) is 7.47. The number of carbonyl (C=O) groups is 1. The Morgan fingerprint density at radius 3 is 2.66 bits per heavy atom. The number of fused-ring (bicyclic) bond motifs is 2. The van der Waals surface area contributed by atoms with Gasteiger partial charge in [-0.1, -0.05) is 31.2 Å². The second-order valence-electron chi connectivity index (χ2n) is 6.95.